The number of likely N-dealkylation sites (tertiary alicyclic amines) is 1. The molecule has 234 valence electrons. The second-order valence-corrected chi connectivity index (χ2v) is 12.5. The molecule has 3 saturated heterocycles. The van der Waals surface area contributed by atoms with E-state index in [4.69, 9.17) is 18.9 Å². The lowest BCUT2D eigenvalue weighted by atomic mass is 9.96. The predicted molar refractivity (Wildman–Crippen MR) is 160 cm³/mol. The number of rotatable bonds is 13. The number of nitrogens with one attached hydrogen (secondary N) is 1. The van der Waals surface area contributed by atoms with Crippen molar-refractivity contribution in [3.8, 4) is 11.5 Å². The lowest BCUT2D eigenvalue weighted by Gasteiger charge is -2.34. The maximum Gasteiger partial charge on any atom is 0.407 e. The molecule has 3 N–H and O–H groups in total. The van der Waals surface area contributed by atoms with Gasteiger partial charge in [-0.2, -0.15) is 0 Å². The summed E-state index contributed by atoms with van der Waals surface area (Å²) in [6.07, 6.45) is 1.48. The van der Waals surface area contributed by atoms with E-state index in [0.717, 1.165) is 41.9 Å². The second kappa shape index (κ2) is 15.1. The van der Waals surface area contributed by atoms with Gasteiger partial charge in [0, 0.05) is 31.1 Å². The van der Waals surface area contributed by atoms with Gasteiger partial charge in [0.2, 0.25) is 6.41 Å². The van der Waals surface area contributed by atoms with E-state index in [1.54, 1.807) is 48.2 Å². The number of carbonyl (C=O) groups is 2. The number of hydrogen-bond acceptors (Lipinski definition) is 10. The van der Waals surface area contributed by atoms with Crippen LogP contribution in [0.5, 0.6) is 11.5 Å². The molecule has 5 rings (SSSR count). The van der Waals surface area contributed by atoms with Crippen molar-refractivity contribution < 1.29 is 38.7 Å². The molecule has 11 nitrogen and oxygen atoms in total. The highest BCUT2D eigenvalue weighted by Crippen LogP contribution is 2.33. The van der Waals surface area contributed by atoms with E-state index in [2.05, 4.69) is 9.62 Å². The van der Waals surface area contributed by atoms with Gasteiger partial charge in [0.25, 0.3) is 0 Å². The van der Waals surface area contributed by atoms with Gasteiger partial charge >= 0.3 is 6.09 Å². The Balaban J connectivity index is 1.28. The van der Waals surface area contributed by atoms with E-state index in [1.807, 2.05) is 24.3 Å². The Hall–Kier alpha value is -3.03. The molecule has 2 aromatic carbocycles. The number of aliphatic hydroxyl groups is 1. The van der Waals surface area contributed by atoms with Gasteiger partial charge in [-0.05, 0) is 85.5 Å². The van der Waals surface area contributed by atoms with Crippen LogP contribution in [-0.2, 0) is 25.4 Å². The molecule has 3 aliphatic rings. The zero-order valence-corrected chi connectivity index (χ0v) is 25.2. The third kappa shape index (κ3) is 8.76. The molecule has 0 saturated carbocycles. The largest absolute Gasteiger partial charge is 0.508 e. The van der Waals surface area contributed by atoms with Gasteiger partial charge in [-0.3, -0.25) is 4.79 Å². The summed E-state index contributed by atoms with van der Waals surface area (Å²) in [6.45, 7) is 3.27. The molecule has 3 aliphatic heterocycles. The van der Waals surface area contributed by atoms with Crippen LogP contribution < -0.4 is 10.1 Å². The zero-order chi connectivity index (χ0) is 30.2. The number of ether oxygens (including phenoxy) is 4. The van der Waals surface area contributed by atoms with Crippen LogP contribution in [0.4, 0.5) is 4.79 Å². The number of nitrogens with zero attached hydrogens (tertiary/aromatic N) is 2. The van der Waals surface area contributed by atoms with Crippen LogP contribution in [0.2, 0.25) is 0 Å². The van der Waals surface area contributed by atoms with Gasteiger partial charge in [0.05, 0.1) is 38.4 Å². The van der Waals surface area contributed by atoms with Crippen molar-refractivity contribution in [3.05, 3.63) is 54.1 Å². The summed E-state index contributed by atoms with van der Waals surface area (Å²) in [5, 5.41) is 24.3. The van der Waals surface area contributed by atoms with Crippen LogP contribution in [0.3, 0.4) is 0 Å². The molecule has 0 aromatic heterocycles. The van der Waals surface area contributed by atoms with Gasteiger partial charge in [-0.15, -0.1) is 0 Å². The number of benzene rings is 2. The lowest BCUT2D eigenvalue weighted by molar-refractivity contribution is -0.119. The molecule has 2 amide bonds. The first-order valence-corrected chi connectivity index (χ1v) is 15.6. The van der Waals surface area contributed by atoms with E-state index in [0.29, 0.717) is 38.6 Å². The fourth-order valence-corrected chi connectivity index (χ4v) is 6.91. The maximum absolute atomic E-state index is 13.1. The number of carbonyl (C=O) groups excluding carboxylic acids is 2. The highest BCUT2D eigenvalue weighted by atomic mass is 32.2. The Morgan fingerprint density at radius 3 is 2.58 bits per heavy atom. The molecular formula is C31H41N3O8S. The smallest absolute Gasteiger partial charge is 0.407 e. The van der Waals surface area contributed by atoms with E-state index in [-0.39, 0.29) is 31.1 Å². The first-order chi connectivity index (χ1) is 20.9. The normalized spacial score (nSPS) is 23.5. The highest BCUT2D eigenvalue weighted by molar-refractivity contribution is 7.97. The molecule has 43 heavy (non-hydrogen) atoms. The number of alkyl carbamates (subject to hydrolysis) is 1. The SMILES string of the molecule is COc1ccc(SN(CC2CCN(C=O)CC2)C[C@@H](O)[C@H](Cc2ccc(O)cc2)NC(=O)OC2CO[C@H]3OCC[C@@H]23)cc1. The molecular weight excluding hydrogens is 574 g/mol. The molecule has 0 bridgehead atoms. The van der Waals surface area contributed by atoms with Crippen LogP contribution >= 0.6 is 11.9 Å². The topological polar surface area (TPSA) is 130 Å². The van der Waals surface area contributed by atoms with Crippen LogP contribution in [-0.4, -0.2) is 103 Å². The third-order valence-corrected chi connectivity index (χ3v) is 9.39. The summed E-state index contributed by atoms with van der Waals surface area (Å²) in [4.78, 5) is 27.1. The predicted octanol–water partition coefficient (Wildman–Crippen LogP) is 3.04. The summed E-state index contributed by atoms with van der Waals surface area (Å²) in [6, 6.07) is 13.8. The molecule has 0 aliphatic carbocycles. The number of phenolic OH excluding ortho intramolecular Hbond substituents is 1. The minimum atomic E-state index is -0.940. The molecule has 1 unspecified atom stereocenters. The first-order valence-electron chi connectivity index (χ1n) is 14.8. The zero-order valence-electron chi connectivity index (χ0n) is 24.4. The van der Waals surface area contributed by atoms with Gasteiger partial charge in [-0.1, -0.05) is 12.1 Å². The number of piperidine rings is 1. The van der Waals surface area contributed by atoms with E-state index >= 15 is 0 Å². The maximum atomic E-state index is 13.1. The highest BCUT2D eigenvalue weighted by Gasteiger charge is 2.44. The molecule has 0 spiro atoms. The standard InChI is InChI=1S/C31H41N3O8S/c1-39-24-6-8-25(9-7-24)43-34(17-22-10-13-33(20-35)14-11-22)18-28(37)27(16-21-2-4-23(36)5-3-21)32-31(38)42-29-19-41-30-26(29)12-15-40-30/h2-9,20,22,26-30,36-37H,10-19H2,1H3,(H,32,38)/t26-,27-,28+,29?,30+/m0/s1. The van der Waals surface area contributed by atoms with Crippen LogP contribution in [0.15, 0.2) is 53.4 Å². The van der Waals surface area contributed by atoms with Gasteiger partial charge in [-0.25, -0.2) is 9.10 Å². The average Bonchev–Trinajstić information content (AvgIpc) is 3.64. The summed E-state index contributed by atoms with van der Waals surface area (Å²) >= 11 is 1.54. The number of amides is 2. The Morgan fingerprint density at radius 1 is 1.14 bits per heavy atom. The molecule has 5 atom stereocenters. The number of phenols is 1. The monoisotopic (exact) mass is 615 g/mol. The van der Waals surface area contributed by atoms with Crippen LogP contribution in [0.1, 0.15) is 24.8 Å². The quantitative estimate of drug-likeness (QED) is 0.228. The summed E-state index contributed by atoms with van der Waals surface area (Å²) < 4.78 is 24.4. The molecule has 0 radical (unpaired) electrons. The Kier molecular flexibility index (Phi) is 11.0. The van der Waals surface area contributed by atoms with E-state index < -0.39 is 24.3 Å². The Labute approximate surface area is 256 Å². The Morgan fingerprint density at radius 2 is 1.88 bits per heavy atom. The number of hydrogen-bond donors (Lipinski definition) is 3. The van der Waals surface area contributed by atoms with Gasteiger partial charge in [0.15, 0.2) is 6.29 Å². The second-order valence-electron chi connectivity index (χ2n) is 11.4. The van der Waals surface area contributed by atoms with Crippen molar-refractivity contribution in [2.24, 2.45) is 11.8 Å². The van der Waals surface area contributed by atoms with Crippen molar-refractivity contribution in [2.75, 3.05) is 46.5 Å². The van der Waals surface area contributed by atoms with E-state index in [1.165, 1.54) is 0 Å². The van der Waals surface area contributed by atoms with Gasteiger partial charge in [0.1, 0.15) is 17.6 Å². The lowest BCUT2D eigenvalue weighted by Crippen LogP contribution is -2.50. The number of fused-ring (bicyclic) bond motifs is 1. The number of aliphatic hydroxyl groups excluding tert-OH is 1. The van der Waals surface area contributed by atoms with Crippen molar-refractivity contribution in [2.45, 2.75) is 55.1 Å². The molecule has 3 heterocycles. The third-order valence-electron chi connectivity index (χ3n) is 8.35. The van der Waals surface area contributed by atoms with Gasteiger partial charge < -0.3 is 39.4 Å². The first kappa shape index (κ1) is 31.4. The molecule has 12 heteroatoms. The fraction of sp³-hybridized carbons (Fsp3) is 0.548. The molecule has 3 fully saturated rings. The number of methoxy groups -OCH3 is 1. The van der Waals surface area contributed by atoms with Crippen molar-refractivity contribution in [1.29, 1.82) is 0 Å². The Bertz CT molecular complexity index is 1180. The number of aromatic hydroxyl groups is 1. The van der Waals surface area contributed by atoms with Crippen LogP contribution in [0, 0.1) is 11.8 Å². The van der Waals surface area contributed by atoms with Crippen molar-refractivity contribution in [1.82, 2.24) is 14.5 Å². The summed E-state index contributed by atoms with van der Waals surface area (Å²) in [7, 11) is 1.63. The summed E-state index contributed by atoms with van der Waals surface area (Å²) in [5.41, 5.74) is 0.853. The van der Waals surface area contributed by atoms with E-state index in [9.17, 15) is 19.8 Å². The van der Waals surface area contributed by atoms with Crippen molar-refractivity contribution in [3.63, 3.8) is 0 Å². The summed E-state index contributed by atoms with van der Waals surface area (Å²) in [5.74, 6) is 1.27. The minimum absolute atomic E-state index is 0.00763. The minimum Gasteiger partial charge on any atom is -0.508 e. The molecule has 2 aromatic rings. The van der Waals surface area contributed by atoms with Crippen molar-refractivity contribution >= 4 is 24.5 Å². The van der Waals surface area contributed by atoms with Crippen LogP contribution in [0.25, 0.3) is 0 Å². The fourth-order valence-electron chi connectivity index (χ4n) is 5.84. The average molecular weight is 616 g/mol.